The molecule has 0 aromatic carbocycles. The highest BCUT2D eigenvalue weighted by molar-refractivity contribution is 9.26. The highest BCUT2D eigenvalue weighted by Gasteiger charge is 2.13. The fourth-order valence-electron chi connectivity index (χ4n) is 2.65. The molecule has 4 heteroatoms. The van der Waals surface area contributed by atoms with Crippen molar-refractivity contribution in [1.82, 2.24) is 0 Å². The number of unbranched alkanes of at least 4 members (excludes halogenated alkanes) is 11. The van der Waals surface area contributed by atoms with E-state index in [1.165, 1.54) is 93.7 Å². The van der Waals surface area contributed by atoms with E-state index in [-0.39, 0.29) is 2.86 Å². The van der Waals surface area contributed by atoms with Crippen molar-refractivity contribution in [1.29, 1.82) is 0 Å². The molecule has 0 saturated carbocycles. The molecule has 0 amide bonds. The van der Waals surface area contributed by atoms with Crippen LogP contribution < -0.4 is 0 Å². The first-order chi connectivity index (χ1) is 10.9. The Morgan fingerprint density at radius 3 is 1.61 bits per heavy atom. The summed E-state index contributed by atoms with van der Waals surface area (Å²) in [6.07, 6.45) is 17.9. The van der Waals surface area contributed by atoms with Crippen LogP contribution >= 0.6 is 31.9 Å². The van der Waals surface area contributed by atoms with Gasteiger partial charge in [0.1, 0.15) is 0 Å². The van der Waals surface area contributed by atoms with Crippen molar-refractivity contribution in [2.75, 3.05) is 13.2 Å². The molecule has 1 nitrogen and oxygen atoms in total. The first-order valence-electron chi connectivity index (χ1n) is 9.52. The van der Waals surface area contributed by atoms with E-state index in [9.17, 15) is 0 Å². The first kappa shape index (κ1) is 23.9. The number of ether oxygens (including phenoxy) is 1. The molecule has 0 aliphatic carbocycles. The zero-order chi connectivity index (χ0) is 17.4. The predicted octanol–water partition coefficient (Wildman–Crippen LogP) is 6.46. The Balaban J connectivity index is 3.04. The summed E-state index contributed by atoms with van der Waals surface area (Å²) in [4.78, 5) is 0. The Bertz CT molecular complexity index is 277. The van der Waals surface area contributed by atoms with E-state index in [2.05, 4.69) is 38.4 Å². The van der Waals surface area contributed by atoms with Gasteiger partial charge in [-0.3, -0.25) is 0 Å². The lowest BCUT2D eigenvalue weighted by atomic mass is 10.0. The summed E-state index contributed by atoms with van der Waals surface area (Å²) in [5, 5.41) is 0. The third-order valence-corrected chi connectivity index (χ3v) is 5.30. The maximum absolute atomic E-state index is 5.51. The molecule has 0 spiro atoms. The highest BCUT2D eigenvalue weighted by Crippen LogP contribution is 2.28. The molecule has 0 radical (unpaired) electrons. The third kappa shape index (κ3) is 22.9. The quantitative estimate of drug-likeness (QED) is 0.103. The van der Waals surface area contributed by atoms with E-state index in [1.807, 2.05) is 6.92 Å². The molecule has 0 unspecified atom stereocenters. The van der Waals surface area contributed by atoms with Gasteiger partial charge in [-0.1, -0.05) is 115 Å². The van der Waals surface area contributed by atoms with Crippen LogP contribution in [0, 0.1) is 0 Å². The summed E-state index contributed by atoms with van der Waals surface area (Å²) in [7, 11) is 1.17. The van der Waals surface area contributed by atoms with Gasteiger partial charge >= 0.3 is 0 Å². The maximum atomic E-state index is 5.51. The van der Waals surface area contributed by atoms with Gasteiger partial charge in [-0.05, 0) is 19.8 Å². The van der Waals surface area contributed by atoms with Gasteiger partial charge in [0.15, 0.2) is 0 Å². The molecule has 0 atom stereocenters. The lowest BCUT2D eigenvalue weighted by Gasteiger charge is -2.13. The zero-order valence-electron chi connectivity index (χ0n) is 15.5. The van der Waals surface area contributed by atoms with Crippen molar-refractivity contribution >= 4 is 42.1 Å². The van der Waals surface area contributed by atoms with Gasteiger partial charge < -0.3 is 4.74 Å². The monoisotopic (exact) mass is 468 g/mol. The minimum Gasteiger partial charge on any atom is -0.377 e. The summed E-state index contributed by atoms with van der Waals surface area (Å²) in [5.74, 6) is 0. The van der Waals surface area contributed by atoms with E-state index >= 15 is 0 Å². The number of rotatable bonds is 17. The van der Waals surface area contributed by atoms with E-state index in [4.69, 9.17) is 4.74 Å². The minimum atomic E-state index is 0.288. The maximum Gasteiger partial charge on any atom is 0.0671 e. The molecule has 0 aromatic heterocycles. The lowest BCUT2D eigenvalue weighted by Crippen LogP contribution is -2.09. The summed E-state index contributed by atoms with van der Waals surface area (Å²) in [6.45, 7) is 7.49. The normalized spacial score (nSPS) is 12.0. The number of hydrogen-bond donors (Lipinski definition) is 0. The number of halogens is 2. The van der Waals surface area contributed by atoms with Gasteiger partial charge in [0.25, 0.3) is 0 Å². The van der Waals surface area contributed by atoms with Crippen molar-refractivity contribution in [2.24, 2.45) is 0 Å². The van der Waals surface area contributed by atoms with Crippen LogP contribution in [-0.2, 0) is 4.74 Å². The molecule has 0 N–H and O–H groups in total. The molecule has 0 aromatic rings. The van der Waals surface area contributed by atoms with Gasteiger partial charge in [-0.15, -0.1) is 0 Å². The molecule has 138 valence electrons. The standard InChI is InChI=1S/C19H38Br2OSi/c1-18(2)17-22-16-14-12-10-8-6-4-3-5-7-9-11-13-15-19(20,21)23/h1,3-17H2,2,23H3. The average Bonchev–Trinajstić information content (AvgIpc) is 2.45. The van der Waals surface area contributed by atoms with Crippen molar-refractivity contribution in [2.45, 2.75) is 93.3 Å². The van der Waals surface area contributed by atoms with Crippen molar-refractivity contribution in [3.05, 3.63) is 12.2 Å². The van der Waals surface area contributed by atoms with Gasteiger partial charge in [0.05, 0.1) is 9.46 Å². The molecule has 0 aliphatic rings. The molecule has 0 saturated heterocycles. The van der Waals surface area contributed by atoms with Gasteiger partial charge in [-0.25, -0.2) is 0 Å². The van der Waals surface area contributed by atoms with E-state index in [0.29, 0.717) is 0 Å². The fraction of sp³-hybridized carbons (Fsp3) is 0.895. The van der Waals surface area contributed by atoms with Crippen LogP contribution in [0.5, 0.6) is 0 Å². The van der Waals surface area contributed by atoms with E-state index in [0.717, 1.165) is 18.8 Å². The molecule has 23 heavy (non-hydrogen) atoms. The Morgan fingerprint density at radius 2 is 1.22 bits per heavy atom. The molecule has 0 heterocycles. The third-order valence-electron chi connectivity index (χ3n) is 4.00. The SMILES string of the molecule is C=C(C)COCCCCCCCCCCCCCCC([SiH3])(Br)Br. The van der Waals surface area contributed by atoms with Crippen LogP contribution in [0.1, 0.15) is 90.4 Å². The molecular formula is C19H38Br2OSi. The second-order valence-corrected chi connectivity index (χ2v) is 16.3. The summed E-state index contributed by atoms with van der Waals surface area (Å²) in [5.41, 5.74) is 1.12. The van der Waals surface area contributed by atoms with Crippen LogP contribution in [-0.4, -0.2) is 26.3 Å². The van der Waals surface area contributed by atoms with Crippen molar-refractivity contribution < 1.29 is 4.74 Å². The number of alkyl halides is 2. The van der Waals surface area contributed by atoms with Gasteiger partial charge in [-0.2, -0.15) is 0 Å². The molecule has 0 bridgehead atoms. The van der Waals surface area contributed by atoms with Crippen LogP contribution in [0.4, 0.5) is 0 Å². The topological polar surface area (TPSA) is 9.23 Å². The van der Waals surface area contributed by atoms with Gasteiger partial charge in [0.2, 0.25) is 0 Å². The molecule has 0 rings (SSSR count). The smallest absolute Gasteiger partial charge is 0.0671 e. The predicted molar refractivity (Wildman–Crippen MR) is 116 cm³/mol. The minimum absolute atomic E-state index is 0.288. The fourth-order valence-corrected chi connectivity index (χ4v) is 3.57. The Hall–Kier alpha value is 0.877. The van der Waals surface area contributed by atoms with E-state index < -0.39 is 0 Å². The highest BCUT2D eigenvalue weighted by atomic mass is 79.9. The second kappa shape index (κ2) is 16.4. The molecule has 0 aliphatic heterocycles. The largest absolute Gasteiger partial charge is 0.377 e. The van der Waals surface area contributed by atoms with Crippen LogP contribution in [0.2, 0.25) is 0 Å². The van der Waals surface area contributed by atoms with Gasteiger partial charge in [0, 0.05) is 16.8 Å². The summed E-state index contributed by atoms with van der Waals surface area (Å²) >= 11 is 7.39. The van der Waals surface area contributed by atoms with Crippen molar-refractivity contribution in [3.8, 4) is 0 Å². The van der Waals surface area contributed by atoms with Crippen LogP contribution in [0.3, 0.4) is 0 Å². The summed E-state index contributed by atoms with van der Waals surface area (Å²) < 4.78 is 5.80. The lowest BCUT2D eigenvalue weighted by molar-refractivity contribution is 0.151. The van der Waals surface area contributed by atoms with Crippen LogP contribution in [0.15, 0.2) is 12.2 Å². The molecular weight excluding hydrogens is 432 g/mol. The van der Waals surface area contributed by atoms with Crippen molar-refractivity contribution in [3.63, 3.8) is 0 Å². The summed E-state index contributed by atoms with van der Waals surface area (Å²) in [6, 6.07) is 0. The Morgan fingerprint density at radius 1 is 0.826 bits per heavy atom. The molecule has 0 fully saturated rings. The number of hydrogen-bond acceptors (Lipinski definition) is 1. The van der Waals surface area contributed by atoms with Crippen LogP contribution in [0.25, 0.3) is 0 Å². The average molecular weight is 470 g/mol. The first-order valence-corrected chi connectivity index (χ1v) is 12.1. The second-order valence-electron chi connectivity index (χ2n) is 7.07. The zero-order valence-corrected chi connectivity index (χ0v) is 20.6. The van der Waals surface area contributed by atoms with E-state index in [1.54, 1.807) is 0 Å². The Labute approximate surface area is 165 Å². The Kier molecular flexibility index (Phi) is 17.0.